The highest BCUT2D eigenvalue weighted by Crippen LogP contribution is 2.15. The Morgan fingerprint density at radius 3 is 2.84 bits per heavy atom. The Balaban J connectivity index is 2.18. The number of anilines is 1. The minimum atomic E-state index is -2.76. The van der Waals surface area contributed by atoms with Gasteiger partial charge in [0.2, 0.25) is 0 Å². The van der Waals surface area contributed by atoms with Gasteiger partial charge in [0.25, 0.3) is 5.91 Å². The Kier molecular flexibility index (Phi) is 3.59. The maximum Gasteiger partial charge on any atom is 0.333 e. The van der Waals surface area contributed by atoms with Crippen molar-refractivity contribution >= 4 is 11.7 Å². The average molecular weight is 269 g/mol. The van der Waals surface area contributed by atoms with Crippen LogP contribution in [-0.2, 0) is 6.54 Å². The summed E-state index contributed by atoms with van der Waals surface area (Å²) in [6.07, 6.45) is 2.68. The summed E-state index contributed by atoms with van der Waals surface area (Å²) in [6, 6.07) is 1.24. The molecule has 0 saturated heterocycles. The molecule has 0 spiro atoms. The molecule has 0 fully saturated rings. The van der Waals surface area contributed by atoms with Crippen molar-refractivity contribution in [1.29, 1.82) is 0 Å². The molecular formula is C11H13F2N5O. The monoisotopic (exact) mass is 269 g/mol. The number of nitrogens with one attached hydrogen (secondary N) is 1. The van der Waals surface area contributed by atoms with Crippen molar-refractivity contribution in [1.82, 2.24) is 19.6 Å². The first kappa shape index (κ1) is 13.2. The molecular weight excluding hydrogens is 256 g/mol. The van der Waals surface area contributed by atoms with Gasteiger partial charge >= 0.3 is 6.55 Å². The molecule has 2 rings (SSSR count). The van der Waals surface area contributed by atoms with Gasteiger partial charge in [-0.15, -0.1) is 0 Å². The smallest absolute Gasteiger partial charge is 0.305 e. The predicted octanol–water partition coefficient (Wildman–Crippen LogP) is 2.06. The van der Waals surface area contributed by atoms with Crippen LogP contribution in [0.4, 0.5) is 14.6 Å². The van der Waals surface area contributed by atoms with E-state index in [2.05, 4.69) is 15.5 Å². The topological polar surface area (TPSA) is 64.7 Å². The van der Waals surface area contributed by atoms with E-state index in [0.29, 0.717) is 17.0 Å². The first-order valence-electron chi connectivity index (χ1n) is 5.70. The van der Waals surface area contributed by atoms with Crippen molar-refractivity contribution in [2.24, 2.45) is 0 Å². The summed E-state index contributed by atoms with van der Waals surface area (Å²) in [5, 5.41) is 10.2. The highest BCUT2D eigenvalue weighted by Gasteiger charge is 2.16. The predicted molar refractivity (Wildman–Crippen MR) is 64.1 cm³/mol. The van der Waals surface area contributed by atoms with Crippen LogP contribution >= 0.6 is 0 Å². The van der Waals surface area contributed by atoms with E-state index in [0.717, 1.165) is 11.8 Å². The number of rotatable bonds is 4. The lowest BCUT2D eigenvalue weighted by molar-refractivity contribution is 0.0561. The minimum absolute atomic E-state index is 0.0662. The van der Waals surface area contributed by atoms with E-state index in [1.54, 1.807) is 17.8 Å². The molecule has 0 aliphatic heterocycles. The van der Waals surface area contributed by atoms with Crippen molar-refractivity contribution in [3.63, 3.8) is 0 Å². The summed E-state index contributed by atoms with van der Waals surface area (Å²) in [6.45, 7) is 1.51. The van der Waals surface area contributed by atoms with E-state index >= 15 is 0 Å². The fourth-order valence-electron chi connectivity index (χ4n) is 1.62. The van der Waals surface area contributed by atoms with E-state index in [-0.39, 0.29) is 5.69 Å². The lowest BCUT2D eigenvalue weighted by Gasteiger charge is -2.07. The standard InChI is InChI=1S/C11H13F2N5O/c1-3-17-9(7(2)6-14-17)15-10(19)8-4-5-18(16-8)11(12)13/h4-6,11H,3H2,1-2H3,(H,15,19). The van der Waals surface area contributed by atoms with Crippen LogP contribution in [0.25, 0.3) is 0 Å². The van der Waals surface area contributed by atoms with Gasteiger partial charge in [-0.05, 0) is 19.9 Å². The quantitative estimate of drug-likeness (QED) is 0.923. The fraction of sp³-hybridized carbons (Fsp3) is 0.364. The second-order valence-corrected chi connectivity index (χ2v) is 3.90. The van der Waals surface area contributed by atoms with Crippen molar-refractivity contribution in [2.45, 2.75) is 26.9 Å². The van der Waals surface area contributed by atoms with Crippen LogP contribution in [0, 0.1) is 6.92 Å². The van der Waals surface area contributed by atoms with Gasteiger partial charge in [0.1, 0.15) is 5.82 Å². The number of carbonyl (C=O) groups is 1. The van der Waals surface area contributed by atoms with Crippen molar-refractivity contribution in [3.8, 4) is 0 Å². The molecule has 2 heterocycles. The van der Waals surface area contributed by atoms with E-state index < -0.39 is 12.5 Å². The summed E-state index contributed by atoms with van der Waals surface area (Å²) in [5.41, 5.74) is 0.729. The molecule has 19 heavy (non-hydrogen) atoms. The highest BCUT2D eigenvalue weighted by molar-refractivity contribution is 6.02. The fourth-order valence-corrected chi connectivity index (χ4v) is 1.62. The molecule has 0 atom stereocenters. The largest absolute Gasteiger partial charge is 0.333 e. The molecule has 0 aliphatic rings. The van der Waals surface area contributed by atoms with Crippen LogP contribution in [0.15, 0.2) is 18.5 Å². The van der Waals surface area contributed by atoms with E-state index in [1.165, 1.54) is 6.07 Å². The molecule has 2 aromatic rings. The van der Waals surface area contributed by atoms with E-state index in [4.69, 9.17) is 0 Å². The maximum absolute atomic E-state index is 12.4. The minimum Gasteiger partial charge on any atom is -0.305 e. The first-order valence-corrected chi connectivity index (χ1v) is 5.70. The Bertz CT molecular complexity index is 590. The number of alkyl halides is 2. The lowest BCUT2D eigenvalue weighted by Crippen LogP contribution is -2.17. The summed E-state index contributed by atoms with van der Waals surface area (Å²) in [4.78, 5) is 11.9. The van der Waals surface area contributed by atoms with E-state index in [9.17, 15) is 13.6 Å². The molecule has 0 saturated carbocycles. The van der Waals surface area contributed by atoms with Gasteiger partial charge in [-0.2, -0.15) is 19.0 Å². The Morgan fingerprint density at radius 1 is 1.53 bits per heavy atom. The number of nitrogens with zero attached hydrogens (tertiary/aromatic N) is 4. The molecule has 0 radical (unpaired) electrons. The van der Waals surface area contributed by atoms with Gasteiger partial charge in [-0.1, -0.05) is 0 Å². The number of carbonyl (C=O) groups excluding carboxylic acids is 1. The van der Waals surface area contributed by atoms with Crippen LogP contribution in [-0.4, -0.2) is 25.5 Å². The number of aromatic nitrogens is 4. The van der Waals surface area contributed by atoms with Gasteiger partial charge in [0.15, 0.2) is 5.69 Å². The molecule has 0 aromatic carbocycles. The molecule has 0 unspecified atom stereocenters. The third-order valence-corrected chi connectivity index (χ3v) is 2.59. The molecule has 0 aliphatic carbocycles. The summed E-state index contributed by atoms with van der Waals surface area (Å²) in [5.74, 6) is -0.00297. The Labute approximate surface area is 108 Å². The summed E-state index contributed by atoms with van der Waals surface area (Å²) >= 11 is 0. The third-order valence-electron chi connectivity index (χ3n) is 2.59. The van der Waals surface area contributed by atoms with Crippen LogP contribution in [0.5, 0.6) is 0 Å². The molecule has 102 valence electrons. The zero-order chi connectivity index (χ0) is 14.0. The van der Waals surface area contributed by atoms with Crippen molar-refractivity contribution in [3.05, 3.63) is 29.7 Å². The zero-order valence-electron chi connectivity index (χ0n) is 10.5. The van der Waals surface area contributed by atoms with Gasteiger partial charge in [-0.25, -0.2) is 9.36 Å². The number of amides is 1. The number of hydrogen-bond donors (Lipinski definition) is 1. The molecule has 8 heteroatoms. The number of aryl methyl sites for hydroxylation is 2. The summed E-state index contributed by atoms with van der Waals surface area (Å²) in [7, 11) is 0. The molecule has 0 bridgehead atoms. The first-order chi connectivity index (χ1) is 9.02. The second kappa shape index (κ2) is 5.17. The molecule has 1 amide bonds. The third kappa shape index (κ3) is 2.61. The van der Waals surface area contributed by atoms with Crippen molar-refractivity contribution < 1.29 is 13.6 Å². The normalized spacial score (nSPS) is 11.0. The second-order valence-electron chi connectivity index (χ2n) is 3.90. The van der Waals surface area contributed by atoms with Crippen LogP contribution in [0.1, 0.15) is 29.5 Å². The van der Waals surface area contributed by atoms with Gasteiger partial charge < -0.3 is 5.32 Å². The molecule has 1 N–H and O–H groups in total. The SMILES string of the molecule is CCn1ncc(C)c1NC(=O)c1ccn(C(F)F)n1. The average Bonchev–Trinajstić information content (AvgIpc) is 2.97. The van der Waals surface area contributed by atoms with Gasteiger partial charge in [-0.3, -0.25) is 4.79 Å². The van der Waals surface area contributed by atoms with Gasteiger partial charge in [0.05, 0.1) is 6.20 Å². The number of halogens is 2. The zero-order valence-corrected chi connectivity index (χ0v) is 10.5. The van der Waals surface area contributed by atoms with E-state index in [1.807, 2.05) is 6.92 Å². The summed E-state index contributed by atoms with van der Waals surface area (Å²) < 4.78 is 26.8. The maximum atomic E-state index is 12.4. The molecule has 2 aromatic heterocycles. The number of hydrogen-bond acceptors (Lipinski definition) is 3. The Morgan fingerprint density at radius 2 is 2.26 bits per heavy atom. The van der Waals surface area contributed by atoms with Crippen LogP contribution in [0.3, 0.4) is 0 Å². The molecule has 6 nitrogen and oxygen atoms in total. The van der Waals surface area contributed by atoms with Crippen LogP contribution < -0.4 is 5.32 Å². The highest BCUT2D eigenvalue weighted by atomic mass is 19.3. The van der Waals surface area contributed by atoms with Crippen LogP contribution in [0.2, 0.25) is 0 Å². The van der Waals surface area contributed by atoms with Gasteiger partial charge in [0, 0.05) is 18.3 Å². The van der Waals surface area contributed by atoms with Crippen molar-refractivity contribution in [2.75, 3.05) is 5.32 Å². The Hall–Kier alpha value is -2.25. The lowest BCUT2D eigenvalue weighted by atomic mass is 10.3.